The Morgan fingerprint density at radius 1 is 0.294 bits per heavy atom. The normalized spacial score (nSPS) is 8.47. The van der Waals surface area contributed by atoms with Crippen LogP contribution < -0.4 is 55.9 Å². The Labute approximate surface area is 126 Å². The van der Waals surface area contributed by atoms with Crippen molar-refractivity contribution >= 4 is 27.3 Å². The Morgan fingerprint density at radius 3 is 0.294 bits per heavy atom. The Morgan fingerprint density at radius 2 is 0.294 bits per heavy atom. The van der Waals surface area contributed by atoms with Gasteiger partial charge in [0, 0.05) is 0 Å². The van der Waals surface area contributed by atoms with Crippen molar-refractivity contribution in [2.45, 2.75) is 0 Å². The maximum absolute atomic E-state index is 8.41. The summed E-state index contributed by atoms with van der Waals surface area (Å²) < 4.78 is 101. The molecule has 0 rings (SSSR count). The van der Waals surface area contributed by atoms with Gasteiger partial charge < -0.3 is 55.9 Å². The zero-order valence-electron chi connectivity index (χ0n) is 6.91. The zero-order chi connectivity index (χ0) is 14.3. The third kappa shape index (κ3) is 1670. The minimum absolute atomic E-state index is 0. The van der Waals surface area contributed by atoms with Crippen LogP contribution in [-0.2, 0) is 0 Å². The van der Waals surface area contributed by atoms with Crippen LogP contribution in [0.25, 0.3) is 0 Å². The molecule has 0 aliphatic rings. The Balaban J connectivity index is -0.0000000369. The molecule has 17 heteroatoms. The smallest absolute Gasteiger partial charge is 0.357 e. The molecule has 0 radical (unpaired) electrons. The summed E-state index contributed by atoms with van der Waals surface area (Å²) in [6, 6.07) is 0. The van der Waals surface area contributed by atoms with E-state index in [2.05, 4.69) is 0 Å². The molecule has 0 aliphatic carbocycles. The third-order valence-corrected chi connectivity index (χ3v) is 0. The molecule has 0 unspecified atom stereocenters. The monoisotopic (exact) mass is 540 g/mol. The SMILES string of the molecule is [O-][Cl+2]([O-])[O-].[O-][Cl+2]([O-])[O-].[O-][Cl+2]([O-])[O-].[O-][Cl+2]([O-])[O-].[Pb+4]. The van der Waals surface area contributed by atoms with Crippen molar-refractivity contribution in [2.24, 2.45) is 0 Å². The second-order valence-corrected chi connectivity index (χ2v) is 2.27. The van der Waals surface area contributed by atoms with E-state index in [-0.39, 0.29) is 27.3 Å². The maximum Gasteiger partial charge on any atom is 4.00 e. The summed E-state index contributed by atoms with van der Waals surface area (Å²) in [7, 11) is -11.4. The summed E-state index contributed by atoms with van der Waals surface area (Å²) in [4.78, 5) is 0. The average molecular weight is 541 g/mol. The first-order valence-electron chi connectivity index (χ1n) is 1.85. The van der Waals surface area contributed by atoms with Gasteiger partial charge >= 0.3 is 27.3 Å². The third-order valence-electron chi connectivity index (χ3n) is 0. The minimum Gasteiger partial charge on any atom is -0.357 e. The van der Waals surface area contributed by atoms with Crippen molar-refractivity contribution in [2.75, 3.05) is 0 Å². The number of rotatable bonds is 0. The van der Waals surface area contributed by atoms with Gasteiger partial charge in [0.05, 0.1) is 43.1 Å². The summed E-state index contributed by atoms with van der Waals surface area (Å²) in [5.74, 6) is 0. The van der Waals surface area contributed by atoms with Crippen LogP contribution in [0.15, 0.2) is 0 Å². The van der Waals surface area contributed by atoms with E-state index in [9.17, 15) is 0 Å². The standard InChI is InChI=1S/4ClO3.Pb/c4*2-1(3)4;/q4*-1;+4. The topological polar surface area (TPSA) is 277 Å². The maximum atomic E-state index is 8.41. The van der Waals surface area contributed by atoms with Crippen LogP contribution >= 0.6 is 0 Å². The fourth-order valence-electron chi connectivity index (χ4n) is 0. The number of hydrogen-bond acceptors (Lipinski definition) is 12. The molecule has 0 saturated carbocycles. The predicted octanol–water partition coefficient (Wildman–Crippen LogP) is -14.6. The second-order valence-electron chi connectivity index (χ2n) is 0.756. The van der Waals surface area contributed by atoms with Crippen molar-refractivity contribution < 1.29 is 99.0 Å². The molecule has 0 saturated heterocycles. The van der Waals surface area contributed by atoms with Gasteiger partial charge in [-0.15, -0.1) is 0 Å². The Kier molecular flexibility index (Phi) is 48.1. The van der Waals surface area contributed by atoms with Crippen molar-refractivity contribution in [3.63, 3.8) is 0 Å². The average Bonchev–Trinajstić information content (AvgIpc) is 1.76. The largest absolute Gasteiger partial charge is 4.00 e. The van der Waals surface area contributed by atoms with Crippen LogP contribution in [-0.4, -0.2) is 27.3 Å². The summed E-state index contributed by atoms with van der Waals surface area (Å²) in [6.45, 7) is 0. The Bertz CT molecular complexity index is 61.5. The summed E-state index contributed by atoms with van der Waals surface area (Å²) in [5.41, 5.74) is 0. The van der Waals surface area contributed by atoms with Crippen LogP contribution in [0, 0.1) is 43.1 Å². The molecular weight excluding hydrogens is 541 g/mol. The van der Waals surface area contributed by atoms with Gasteiger partial charge in [-0.25, -0.2) is 0 Å². The number of hydrogen-bond donors (Lipinski definition) is 0. The van der Waals surface area contributed by atoms with Gasteiger partial charge in [-0.1, -0.05) is 0 Å². The molecule has 104 valence electrons. The van der Waals surface area contributed by atoms with E-state index >= 15 is 0 Å². The van der Waals surface area contributed by atoms with Gasteiger partial charge in [0.1, 0.15) is 0 Å². The van der Waals surface area contributed by atoms with Crippen molar-refractivity contribution in [1.29, 1.82) is 0 Å². The minimum atomic E-state index is -2.85. The zero-order valence-corrected chi connectivity index (χ0v) is 13.8. The van der Waals surface area contributed by atoms with E-state index < -0.39 is 43.1 Å². The molecule has 12 nitrogen and oxygen atoms in total. The molecule has 0 spiro atoms. The van der Waals surface area contributed by atoms with Crippen molar-refractivity contribution in [3.8, 4) is 0 Å². The molecule has 0 atom stereocenters. The summed E-state index contributed by atoms with van der Waals surface area (Å²) in [6.07, 6.45) is 0. The van der Waals surface area contributed by atoms with Gasteiger partial charge in [-0.2, -0.15) is 0 Å². The van der Waals surface area contributed by atoms with Crippen LogP contribution in [0.2, 0.25) is 0 Å². The van der Waals surface area contributed by atoms with Crippen LogP contribution in [0.5, 0.6) is 0 Å². The van der Waals surface area contributed by atoms with Crippen LogP contribution in [0.1, 0.15) is 0 Å². The second kappa shape index (κ2) is 26.2. The summed E-state index contributed by atoms with van der Waals surface area (Å²) >= 11 is 0. The Hall–Kier alpha value is 1.60. The van der Waals surface area contributed by atoms with E-state index in [0.717, 1.165) is 0 Å². The van der Waals surface area contributed by atoms with E-state index in [4.69, 9.17) is 55.9 Å². The fourth-order valence-corrected chi connectivity index (χ4v) is 0. The van der Waals surface area contributed by atoms with Gasteiger partial charge in [0.2, 0.25) is 0 Å². The van der Waals surface area contributed by atoms with E-state index in [1.807, 2.05) is 0 Å². The van der Waals surface area contributed by atoms with Gasteiger partial charge in [0.25, 0.3) is 0 Å². The molecule has 17 heavy (non-hydrogen) atoms. The van der Waals surface area contributed by atoms with E-state index in [0.29, 0.717) is 0 Å². The molecule has 0 fully saturated rings. The van der Waals surface area contributed by atoms with Crippen molar-refractivity contribution in [1.82, 2.24) is 0 Å². The first-order valence-corrected chi connectivity index (χ1v) is 5.55. The quantitative estimate of drug-likeness (QED) is 0.259. The van der Waals surface area contributed by atoms with Gasteiger partial charge in [0.15, 0.2) is 0 Å². The van der Waals surface area contributed by atoms with Crippen molar-refractivity contribution in [3.05, 3.63) is 0 Å². The van der Waals surface area contributed by atoms with Gasteiger partial charge in [-0.3, -0.25) is 0 Å². The first-order chi connectivity index (χ1) is 6.93. The van der Waals surface area contributed by atoms with Crippen LogP contribution in [0.3, 0.4) is 0 Å². The molecule has 0 N–H and O–H groups in total. The molecule has 0 amide bonds. The first kappa shape index (κ1) is 31.2. The molecule has 0 bridgehead atoms. The molecular formula is Cl4O12Pb. The molecule has 0 aliphatic heterocycles. The van der Waals surface area contributed by atoms with Crippen LogP contribution in [0.4, 0.5) is 0 Å². The molecule has 0 aromatic carbocycles. The molecule has 0 aromatic heterocycles. The van der Waals surface area contributed by atoms with E-state index in [1.54, 1.807) is 0 Å². The predicted molar refractivity (Wildman–Crippen MR) is 5.75 cm³/mol. The van der Waals surface area contributed by atoms with E-state index in [1.165, 1.54) is 0 Å². The molecule has 0 heterocycles. The molecule has 0 aromatic rings. The number of halogens is 4. The fraction of sp³-hybridized carbons (Fsp3) is 0. The summed E-state index contributed by atoms with van der Waals surface area (Å²) in [5, 5.41) is 0. The van der Waals surface area contributed by atoms with Gasteiger partial charge in [-0.05, 0) is 0 Å².